The largest absolute Gasteiger partial charge is 0.346 e. The highest BCUT2D eigenvalue weighted by Gasteiger charge is 2.11. The fourth-order valence-electron chi connectivity index (χ4n) is 1.68. The number of aromatic nitrogens is 1. The van der Waals surface area contributed by atoms with Crippen molar-refractivity contribution in [2.24, 2.45) is 5.73 Å². The Hall–Kier alpha value is -2.16. The van der Waals surface area contributed by atoms with E-state index in [4.69, 9.17) is 5.73 Å². The minimum atomic E-state index is -0.135. The Bertz CT molecular complexity index is 667. The van der Waals surface area contributed by atoms with Gasteiger partial charge in [0, 0.05) is 11.3 Å². The third kappa shape index (κ3) is 3.67. The smallest absolute Gasteiger partial charge is 0.262 e. The van der Waals surface area contributed by atoms with Gasteiger partial charge in [-0.2, -0.15) is 0 Å². The lowest BCUT2D eigenvalue weighted by molar-refractivity contribution is 0.0954. The standard InChI is InChI=1S/C15H15N3OS/c1-11-4-2-6-13(18-11)10-17-15(19)14-12(5-3-8-16)7-9-20-14/h2,4,6-7,9H,8,10,16H2,1H3,(H,17,19). The Morgan fingerprint density at radius 3 is 3.05 bits per heavy atom. The molecule has 0 aliphatic heterocycles. The van der Waals surface area contributed by atoms with Crippen molar-refractivity contribution in [3.63, 3.8) is 0 Å². The summed E-state index contributed by atoms with van der Waals surface area (Å²) in [6.07, 6.45) is 0. The molecule has 2 aromatic rings. The quantitative estimate of drug-likeness (QED) is 0.843. The summed E-state index contributed by atoms with van der Waals surface area (Å²) in [5, 5.41) is 4.70. The molecule has 0 aliphatic rings. The van der Waals surface area contributed by atoms with Crippen molar-refractivity contribution in [3.05, 3.63) is 51.5 Å². The van der Waals surface area contributed by atoms with Gasteiger partial charge in [0.1, 0.15) is 4.88 Å². The number of amides is 1. The zero-order valence-corrected chi connectivity index (χ0v) is 12.0. The van der Waals surface area contributed by atoms with Crippen molar-refractivity contribution in [2.45, 2.75) is 13.5 Å². The van der Waals surface area contributed by atoms with Crippen molar-refractivity contribution in [1.82, 2.24) is 10.3 Å². The second-order valence-corrected chi connectivity index (χ2v) is 5.04. The molecular weight excluding hydrogens is 270 g/mol. The number of nitrogens with one attached hydrogen (secondary N) is 1. The minimum absolute atomic E-state index is 0.135. The predicted octanol–water partition coefficient (Wildman–Crippen LogP) is 1.69. The van der Waals surface area contributed by atoms with E-state index in [0.717, 1.165) is 17.0 Å². The van der Waals surface area contributed by atoms with E-state index in [1.54, 1.807) is 0 Å². The number of rotatable bonds is 3. The zero-order valence-electron chi connectivity index (χ0n) is 11.1. The fraction of sp³-hybridized carbons (Fsp3) is 0.200. The Labute approximate surface area is 122 Å². The highest BCUT2D eigenvalue weighted by atomic mass is 32.1. The molecule has 1 amide bonds. The maximum absolute atomic E-state index is 12.1. The van der Waals surface area contributed by atoms with Crippen LogP contribution in [0.4, 0.5) is 0 Å². The number of hydrogen-bond acceptors (Lipinski definition) is 4. The molecule has 0 spiro atoms. The predicted molar refractivity (Wildman–Crippen MR) is 80.4 cm³/mol. The molecule has 0 saturated heterocycles. The first-order valence-corrected chi connectivity index (χ1v) is 7.06. The van der Waals surface area contributed by atoms with Crippen LogP contribution in [-0.4, -0.2) is 17.4 Å². The monoisotopic (exact) mass is 285 g/mol. The number of aryl methyl sites for hydroxylation is 1. The number of carbonyl (C=O) groups excluding carboxylic acids is 1. The fourth-order valence-corrected chi connectivity index (χ4v) is 2.44. The van der Waals surface area contributed by atoms with Crippen LogP contribution < -0.4 is 11.1 Å². The number of hydrogen-bond donors (Lipinski definition) is 2. The van der Waals surface area contributed by atoms with Crippen molar-refractivity contribution in [2.75, 3.05) is 6.54 Å². The van der Waals surface area contributed by atoms with Crippen LogP contribution in [0.25, 0.3) is 0 Å². The summed E-state index contributed by atoms with van der Waals surface area (Å²) < 4.78 is 0. The first kappa shape index (κ1) is 14.3. The van der Waals surface area contributed by atoms with E-state index in [9.17, 15) is 4.79 Å². The van der Waals surface area contributed by atoms with Gasteiger partial charge in [0.25, 0.3) is 5.91 Å². The average molecular weight is 285 g/mol. The highest BCUT2D eigenvalue weighted by molar-refractivity contribution is 7.12. The Balaban J connectivity index is 2.04. The van der Waals surface area contributed by atoms with E-state index >= 15 is 0 Å². The summed E-state index contributed by atoms with van der Waals surface area (Å²) in [5.74, 6) is 5.52. The maximum Gasteiger partial charge on any atom is 0.262 e. The summed E-state index contributed by atoms with van der Waals surface area (Å²) in [6, 6.07) is 7.56. The highest BCUT2D eigenvalue weighted by Crippen LogP contribution is 2.15. The molecule has 0 aromatic carbocycles. The molecule has 2 rings (SSSR count). The van der Waals surface area contributed by atoms with Crippen LogP contribution in [-0.2, 0) is 6.54 Å². The molecule has 5 heteroatoms. The van der Waals surface area contributed by atoms with Crippen molar-refractivity contribution in [1.29, 1.82) is 0 Å². The third-order valence-electron chi connectivity index (χ3n) is 2.57. The number of thiophene rings is 1. The van der Waals surface area contributed by atoms with Crippen molar-refractivity contribution >= 4 is 17.2 Å². The summed E-state index contributed by atoms with van der Waals surface area (Å²) >= 11 is 1.37. The van der Waals surface area contributed by atoms with E-state index in [1.807, 2.05) is 36.6 Å². The molecule has 20 heavy (non-hydrogen) atoms. The molecule has 2 heterocycles. The molecule has 4 nitrogen and oxygen atoms in total. The lowest BCUT2D eigenvalue weighted by Gasteiger charge is -2.04. The average Bonchev–Trinajstić information content (AvgIpc) is 2.91. The van der Waals surface area contributed by atoms with Crippen molar-refractivity contribution in [3.8, 4) is 11.8 Å². The molecule has 0 saturated carbocycles. The molecule has 102 valence electrons. The molecule has 2 aromatic heterocycles. The number of nitrogens with zero attached hydrogens (tertiary/aromatic N) is 1. The van der Waals surface area contributed by atoms with Gasteiger partial charge in [0.15, 0.2) is 0 Å². The van der Waals surface area contributed by atoms with Crippen LogP contribution in [0.15, 0.2) is 29.6 Å². The van der Waals surface area contributed by atoms with Gasteiger partial charge in [-0.3, -0.25) is 9.78 Å². The van der Waals surface area contributed by atoms with Crippen LogP contribution in [0, 0.1) is 18.8 Å². The summed E-state index contributed by atoms with van der Waals surface area (Å²) in [5.41, 5.74) is 7.83. The Morgan fingerprint density at radius 2 is 2.30 bits per heavy atom. The molecule has 0 bridgehead atoms. The molecule has 0 unspecified atom stereocenters. The van der Waals surface area contributed by atoms with Crippen molar-refractivity contribution < 1.29 is 4.79 Å². The van der Waals surface area contributed by atoms with E-state index in [1.165, 1.54) is 11.3 Å². The van der Waals surface area contributed by atoms with Gasteiger partial charge in [-0.25, -0.2) is 0 Å². The van der Waals surface area contributed by atoms with Crippen LogP contribution in [0.5, 0.6) is 0 Å². The van der Waals surface area contributed by atoms with E-state index in [-0.39, 0.29) is 12.5 Å². The summed E-state index contributed by atoms with van der Waals surface area (Å²) in [6.45, 7) is 2.61. The van der Waals surface area contributed by atoms with Gasteiger partial charge < -0.3 is 11.1 Å². The molecule has 0 atom stereocenters. The maximum atomic E-state index is 12.1. The van der Waals surface area contributed by atoms with E-state index in [2.05, 4.69) is 22.1 Å². The zero-order chi connectivity index (χ0) is 14.4. The normalized spacial score (nSPS) is 9.70. The second-order valence-electron chi connectivity index (χ2n) is 4.12. The third-order valence-corrected chi connectivity index (χ3v) is 3.49. The lowest BCUT2D eigenvalue weighted by Crippen LogP contribution is -2.23. The van der Waals surface area contributed by atoms with Crippen LogP contribution >= 0.6 is 11.3 Å². The number of nitrogens with two attached hydrogens (primary N) is 1. The number of pyridine rings is 1. The minimum Gasteiger partial charge on any atom is -0.346 e. The molecule has 0 aliphatic carbocycles. The van der Waals surface area contributed by atoms with Gasteiger partial charge in [-0.1, -0.05) is 17.9 Å². The van der Waals surface area contributed by atoms with Gasteiger partial charge in [0.05, 0.1) is 18.8 Å². The lowest BCUT2D eigenvalue weighted by atomic mass is 10.2. The van der Waals surface area contributed by atoms with Crippen LogP contribution in [0.1, 0.15) is 26.6 Å². The van der Waals surface area contributed by atoms with E-state index < -0.39 is 0 Å². The topological polar surface area (TPSA) is 68.0 Å². The molecular formula is C15H15N3OS. The van der Waals surface area contributed by atoms with Gasteiger partial charge >= 0.3 is 0 Å². The summed E-state index contributed by atoms with van der Waals surface area (Å²) in [4.78, 5) is 17.1. The number of carbonyl (C=O) groups is 1. The first-order valence-electron chi connectivity index (χ1n) is 6.18. The van der Waals surface area contributed by atoms with Gasteiger partial charge in [0.2, 0.25) is 0 Å². The first-order chi connectivity index (χ1) is 9.70. The summed E-state index contributed by atoms with van der Waals surface area (Å²) in [7, 11) is 0. The van der Waals surface area contributed by atoms with Gasteiger partial charge in [-0.15, -0.1) is 11.3 Å². The molecule has 3 N–H and O–H groups in total. The second kappa shape index (κ2) is 6.85. The Morgan fingerprint density at radius 1 is 1.45 bits per heavy atom. The van der Waals surface area contributed by atoms with E-state index in [0.29, 0.717) is 11.4 Å². The molecule has 0 radical (unpaired) electrons. The van der Waals surface area contributed by atoms with Crippen LogP contribution in [0.3, 0.4) is 0 Å². The molecule has 0 fully saturated rings. The van der Waals surface area contributed by atoms with Crippen LogP contribution in [0.2, 0.25) is 0 Å². The SMILES string of the molecule is Cc1cccc(CNC(=O)c2sccc2C#CCN)n1. The Kier molecular flexibility index (Phi) is 4.88. The van der Waals surface area contributed by atoms with Gasteiger partial charge in [-0.05, 0) is 30.5 Å².